The molecule has 3 heteroatoms. The van der Waals surface area contributed by atoms with Crippen LogP contribution in [-0.4, -0.2) is 29.1 Å². The number of amides is 1. The van der Waals surface area contributed by atoms with Crippen LogP contribution in [0, 0.1) is 11.8 Å². The van der Waals surface area contributed by atoms with Crippen LogP contribution in [0.3, 0.4) is 0 Å². The molecule has 0 aromatic carbocycles. The second-order valence-corrected chi connectivity index (χ2v) is 6.34. The molecule has 2 unspecified atom stereocenters. The second-order valence-electron chi connectivity index (χ2n) is 6.34. The molecule has 0 spiro atoms. The van der Waals surface area contributed by atoms with E-state index >= 15 is 0 Å². The van der Waals surface area contributed by atoms with Crippen LogP contribution < -0.4 is 5.32 Å². The summed E-state index contributed by atoms with van der Waals surface area (Å²) >= 11 is 0. The maximum absolute atomic E-state index is 12.6. The molecule has 18 heavy (non-hydrogen) atoms. The second kappa shape index (κ2) is 4.84. The first-order chi connectivity index (χ1) is 8.76. The zero-order chi connectivity index (χ0) is 12.7. The molecule has 1 heterocycles. The first-order valence-corrected chi connectivity index (χ1v) is 7.84. The number of carbonyl (C=O) groups excluding carboxylic acids is 1. The van der Waals surface area contributed by atoms with Gasteiger partial charge in [-0.05, 0) is 50.4 Å². The molecule has 102 valence electrons. The molecule has 0 radical (unpaired) electrons. The molecule has 1 N–H and O–H groups in total. The third-order valence-corrected chi connectivity index (χ3v) is 4.78. The van der Waals surface area contributed by atoms with Crippen molar-refractivity contribution in [3.05, 3.63) is 0 Å². The summed E-state index contributed by atoms with van der Waals surface area (Å²) in [5.74, 6) is 2.02. The first-order valence-electron chi connectivity index (χ1n) is 7.84. The van der Waals surface area contributed by atoms with E-state index in [2.05, 4.69) is 24.1 Å². The summed E-state index contributed by atoms with van der Waals surface area (Å²) in [4.78, 5) is 14.9. The van der Waals surface area contributed by atoms with Gasteiger partial charge in [-0.15, -0.1) is 0 Å². The van der Waals surface area contributed by atoms with Crippen molar-refractivity contribution in [3.63, 3.8) is 0 Å². The van der Waals surface area contributed by atoms with E-state index in [0.29, 0.717) is 18.1 Å². The van der Waals surface area contributed by atoms with Gasteiger partial charge in [0.05, 0.1) is 12.2 Å². The van der Waals surface area contributed by atoms with E-state index in [-0.39, 0.29) is 6.04 Å². The molecular weight excluding hydrogens is 224 g/mol. The lowest BCUT2D eigenvalue weighted by atomic mass is 10.0. The van der Waals surface area contributed by atoms with Crippen LogP contribution in [0.5, 0.6) is 0 Å². The molecule has 0 aromatic heterocycles. The Morgan fingerprint density at radius 1 is 1.22 bits per heavy atom. The van der Waals surface area contributed by atoms with Gasteiger partial charge >= 0.3 is 0 Å². The van der Waals surface area contributed by atoms with Gasteiger partial charge in [0.1, 0.15) is 0 Å². The molecule has 1 aliphatic heterocycles. The molecule has 0 aromatic rings. The quantitative estimate of drug-likeness (QED) is 0.785. The Labute approximate surface area is 110 Å². The van der Waals surface area contributed by atoms with Crippen molar-refractivity contribution in [1.29, 1.82) is 0 Å². The van der Waals surface area contributed by atoms with Crippen LogP contribution in [0.15, 0.2) is 0 Å². The van der Waals surface area contributed by atoms with E-state index in [1.54, 1.807) is 0 Å². The van der Waals surface area contributed by atoms with Crippen LogP contribution in [0.25, 0.3) is 0 Å². The van der Waals surface area contributed by atoms with Gasteiger partial charge in [-0.3, -0.25) is 10.1 Å². The first kappa shape index (κ1) is 12.5. The fourth-order valence-electron chi connectivity index (χ4n) is 3.58. The molecule has 3 nitrogen and oxygen atoms in total. The zero-order valence-electron chi connectivity index (χ0n) is 11.7. The molecule has 0 bridgehead atoms. The van der Waals surface area contributed by atoms with Crippen molar-refractivity contribution in [2.75, 3.05) is 0 Å². The molecular formula is C15H26N2O. The molecule has 3 aliphatic rings. The summed E-state index contributed by atoms with van der Waals surface area (Å²) in [5.41, 5.74) is 0. The van der Waals surface area contributed by atoms with Crippen molar-refractivity contribution in [2.45, 2.75) is 77.0 Å². The summed E-state index contributed by atoms with van der Waals surface area (Å²) in [5, 5.41) is 3.56. The van der Waals surface area contributed by atoms with Crippen LogP contribution in [-0.2, 0) is 4.79 Å². The van der Waals surface area contributed by atoms with Crippen LogP contribution >= 0.6 is 0 Å². The monoisotopic (exact) mass is 250 g/mol. The molecule has 1 amide bonds. The molecule has 3 rings (SSSR count). The van der Waals surface area contributed by atoms with Gasteiger partial charge in [0.25, 0.3) is 0 Å². The standard InChI is InChI=1S/C15H26N2O/c1-3-5-13-16-12(4-2)15(18)17(13)14(10-6-7-10)11-8-9-11/h10-14,16H,3-9H2,1-2H3. The fraction of sp³-hybridized carbons (Fsp3) is 0.933. The maximum Gasteiger partial charge on any atom is 0.241 e. The highest BCUT2D eigenvalue weighted by molar-refractivity contribution is 5.84. The molecule has 1 saturated heterocycles. The van der Waals surface area contributed by atoms with Gasteiger partial charge in [-0.25, -0.2) is 0 Å². The van der Waals surface area contributed by atoms with Crippen molar-refractivity contribution in [3.8, 4) is 0 Å². The highest BCUT2D eigenvalue weighted by atomic mass is 16.2. The Morgan fingerprint density at radius 2 is 1.83 bits per heavy atom. The van der Waals surface area contributed by atoms with Gasteiger partial charge in [0, 0.05) is 6.04 Å². The highest BCUT2D eigenvalue weighted by Crippen LogP contribution is 2.48. The number of carbonyl (C=O) groups is 1. The van der Waals surface area contributed by atoms with Crippen molar-refractivity contribution in [1.82, 2.24) is 10.2 Å². The summed E-state index contributed by atoms with van der Waals surface area (Å²) in [6.45, 7) is 4.33. The molecule has 2 saturated carbocycles. The summed E-state index contributed by atoms with van der Waals surface area (Å²) < 4.78 is 0. The van der Waals surface area contributed by atoms with E-state index in [4.69, 9.17) is 0 Å². The van der Waals surface area contributed by atoms with E-state index in [1.165, 1.54) is 25.7 Å². The van der Waals surface area contributed by atoms with Crippen molar-refractivity contribution in [2.24, 2.45) is 11.8 Å². The summed E-state index contributed by atoms with van der Waals surface area (Å²) in [6, 6.07) is 0.652. The van der Waals surface area contributed by atoms with E-state index in [9.17, 15) is 4.79 Å². The summed E-state index contributed by atoms with van der Waals surface area (Å²) in [7, 11) is 0. The minimum atomic E-state index is 0.0848. The van der Waals surface area contributed by atoms with Gasteiger partial charge in [-0.1, -0.05) is 20.3 Å². The Balaban J connectivity index is 1.78. The van der Waals surface area contributed by atoms with Crippen LogP contribution in [0.2, 0.25) is 0 Å². The lowest BCUT2D eigenvalue weighted by Gasteiger charge is -2.33. The third-order valence-electron chi connectivity index (χ3n) is 4.78. The lowest BCUT2D eigenvalue weighted by molar-refractivity contribution is -0.133. The number of rotatable bonds is 6. The molecule has 3 fully saturated rings. The van der Waals surface area contributed by atoms with E-state index < -0.39 is 0 Å². The molecule has 2 aliphatic carbocycles. The number of hydrogen-bond donors (Lipinski definition) is 1. The predicted octanol–water partition coefficient (Wildman–Crippen LogP) is 2.51. The minimum Gasteiger partial charge on any atom is -0.322 e. The predicted molar refractivity (Wildman–Crippen MR) is 72.0 cm³/mol. The average Bonchev–Trinajstić information content (AvgIpc) is 3.25. The minimum absolute atomic E-state index is 0.0848. The number of nitrogens with one attached hydrogen (secondary N) is 1. The highest BCUT2D eigenvalue weighted by Gasteiger charge is 2.51. The van der Waals surface area contributed by atoms with E-state index in [1.807, 2.05) is 0 Å². The van der Waals surface area contributed by atoms with Crippen molar-refractivity contribution >= 4 is 5.91 Å². The third kappa shape index (κ3) is 2.18. The van der Waals surface area contributed by atoms with Crippen molar-refractivity contribution < 1.29 is 4.79 Å². The Morgan fingerprint density at radius 3 is 2.28 bits per heavy atom. The topological polar surface area (TPSA) is 32.3 Å². The fourth-order valence-corrected chi connectivity index (χ4v) is 3.58. The summed E-state index contributed by atoms with van der Waals surface area (Å²) in [6.07, 6.45) is 8.90. The Bertz CT molecular complexity index is 310. The molecule has 2 atom stereocenters. The smallest absolute Gasteiger partial charge is 0.241 e. The van der Waals surface area contributed by atoms with E-state index in [0.717, 1.165) is 31.1 Å². The van der Waals surface area contributed by atoms with Crippen LogP contribution in [0.4, 0.5) is 0 Å². The Hall–Kier alpha value is -0.570. The SMILES string of the molecule is CCCC1NC(CC)C(=O)N1C(C1CC1)C1CC1. The average molecular weight is 250 g/mol. The maximum atomic E-state index is 12.6. The van der Waals surface area contributed by atoms with Gasteiger partial charge < -0.3 is 4.90 Å². The normalized spacial score (nSPS) is 32.6. The number of nitrogens with zero attached hydrogens (tertiary/aromatic N) is 1. The Kier molecular flexibility index (Phi) is 3.35. The van der Waals surface area contributed by atoms with Gasteiger partial charge in [0.2, 0.25) is 5.91 Å². The van der Waals surface area contributed by atoms with Crippen LogP contribution in [0.1, 0.15) is 58.8 Å². The lowest BCUT2D eigenvalue weighted by Crippen LogP contribution is -2.47. The zero-order valence-corrected chi connectivity index (χ0v) is 11.7. The largest absolute Gasteiger partial charge is 0.322 e. The van der Waals surface area contributed by atoms with Gasteiger partial charge in [0.15, 0.2) is 0 Å². The number of hydrogen-bond acceptors (Lipinski definition) is 2. The van der Waals surface area contributed by atoms with Gasteiger partial charge in [-0.2, -0.15) is 0 Å².